The summed E-state index contributed by atoms with van der Waals surface area (Å²) >= 11 is 0. The second-order valence-corrected chi connectivity index (χ2v) is 3.36. The van der Waals surface area contributed by atoms with Gasteiger partial charge in [0.2, 0.25) is 0 Å². The van der Waals surface area contributed by atoms with Crippen LogP contribution in [0.1, 0.15) is 33.1 Å². The van der Waals surface area contributed by atoms with Gasteiger partial charge in [-0.3, -0.25) is 4.90 Å². The predicted molar refractivity (Wildman–Crippen MR) is 45.5 cm³/mol. The van der Waals surface area contributed by atoms with E-state index in [1.165, 1.54) is 6.42 Å². The van der Waals surface area contributed by atoms with E-state index in [1.807, 2.05) is 0 Å². The van der Waals surface area contributed by atoms with Gasteiger partial charge in [-0.25, -0.2) is 4.39 Å². The molecular formula is C9H18FN. The van der Waals surface area contributed by atoms with Crippen LogP contribution in [0.5, 0.6) is 0 Å². The summed E-state index contributed by atoms with van der Waals surface area (Å²) in [5, 5.41) is 0. The van der Waals surface area contributed by atoms with E-state index in [1.54, 1.807) is 0 Å². The minimum atomic E-state index is -0.563. The lowest BCUT2D eigenvalue weighted by Crippen LogP contribution is -2.29. The average molecular weight is 159 g/mol. The summed E-state index contributed by atoms with van der Waals surface area (Å²) in [6, 6.07) is 0.528. The van der Waals surface area contributed by atoms with Crippen molar-refractivity contribution in [2.45, 2.75) is 45.3 Å². The van der Waals surface area contributed by atoms with Gasteiger partial charge < -0.3 is 0 Å². The third-order valence-corrected chi connectivity index (χ3v) is 2.50. The molecular weight excluding hydrogens is 141 g/mol. The largest absolute Gasteiger partial charge is 0.298 e. The first-order valence-corrected chi connectivity index (χ1v) is 4.66. The van der Waals surface area contributed by atoms with Gasteiger partial charge in [0.1, 0.15) is 6.17 Å². The van der Waals surface area contributed by atoms with Crippen molar-refractivity contribution < 1.29 is 4.39 Å². The summed E-state index contributed by atoms with van der Waals surface area (Å²) < 4.78 is 12.9. The molecule has 0 amide bonds. The number of nitrogens with zero attached hydrogens (tertiary/aromatic N) is 1. The van der Waals surface area contributed by atoms with Gasteiger partial charge >= 0.3 is 0 Å². The molecule has 11 heavy (non-hydrogen) atoms. The zero-order valence-corrected chi connectivity index (χ0v) is 7.52. The minimum Gasteiger partial charge on any atom is -0.298 e. The maximum absolute atomic E-state index is 12.9. The minimum absolute atomic E-state index is 0.528. The van der Waals surface area contributed by atoms with Crippen LogP contribution in [0.3, 0.4) is 0 Å². The zero-order valence-electron chi connectivity index (χ0n) is 7.52. The van der Waals surface area contributed by atoms with Crippen LogP contribution in [0.25, 0.3) is 0 Å². The van der Waals surface area contributed by atoms with Gasteiger partial charge in [0, 0.05) is 12.6 Å². The van der Waals surface area contributed by atoms with Crippen LogP contribution in [0.15, 0.2) is 0 Å². The van der Waals surface area contributed by atoms with E-state index in [2.05, 4.69) is 18.7 Å². The lowest BCUT2D eigenvalue weighted by atomic mass is 10.1. The normalized spacial score (nSPS) is 33.0. The number of likely N-dealkylation sites (tertiary alicyclic amines) is 1. The monoisotopic (exact) mass is 159 g/mol. The standard InChI is InChI=1S/C9H18FN/c1-3-5-9-6-8(10)7-11(9)4-2/h8-9H,3-7H2,1-2H3. The van der Waals surface area contributed by atoms with Crippen molar-refractivity contribution in [3.05, 3.63) is 0 Å². The highest BCUT2D eigenvalue weighted by atomic mass is 19.1. The lowest BCUT2D eigenvalue weighted by molar-refractivity contribution is 0.246. The molecule has 2 atom stereocenters. The van der Waals surface area contributed by atoms with Crippen LogP contribution in [0.2, 0.25) is 0 Å². The van der Waals surface area contributed by atoms with E-state index >= 15 is 0 Å². The van der Waals surface area contributed by atoms with Gasteiger partial charge in [-0.05, 0) is 19.4 Å². The summed E-state index contributed by atoms with van der Waals surface area (Å²) in [6.45, 7) is 5.95. The molecule has 1 heterocycles. The quantitative estimate of drug-likeness (QED) is 0.610. The first kappa shape index (κ1) is 8.98. The second kappa shape index (κ2) is 4.05. The Balaban J connectivity index is 2.37. The average Bonchev–Trinajstić information content (AvgIpc) is 2.32. The Hall–Kier alpha value is -0.110. The van der Waals surface area contributed by atoms with E-state index < -0.39 is 6.17 Å². The number of alkyl halides is 1. The van der Waals surface area contributed by atoms with Crippen molar-refractivity contribution in [1.29, 1.82) is 0 Å². The van der Waals surface area contributed by atoms with Gasteiger partial charge in [0.05, 0.1) is 0 Å². The van der Waals surface area contributed by atoms with Crippen LogP contribution in [0.4, 0.5) is 4.39 Å². The molecule has 0 aromatic carbocycles. The molecule has 0 radical (unpaired) electrons. The fourth-order valence-corrected chi connectivity index (χ4v) is 1.94. The first-order chi connectivity index (χ1) is 5.27. The molecule has 0 N–H and O–H groups in total. The highest BCUT2D eigenvalue weighted by Crippen LogP contribution is 2.22. The lowest BCUT2D eigenvalue weighted by Gasteiger charge is -2.21. The van der Waals surface area contributed by atoms with Crippen LogP contribution in [-0.4, -0.2) is 30.2 Å². The summed E-state index contributed by atoms with van der Waals surface area (Å²) in [4.78, 5) is 2.26. The van der Waals surface area contributed by atoms with Crippen molar-refractivity contribution in [1.82, 2.24) is 4.90 Å². The topological polar surface area (TPSA) is 3.24 Å². The molecule has 2 heteroatoms. The SMILES string of the molecule is CCCC1CC(F)CN1CC. The molecule has 0 saturated carbocycles. The molecule has 0 aromatic heterocycles. The summed E-state index contributed by atoms with van der Waals surface area (Å²) in [7, 11) is 0. The van der Waals surface area contributed by atoms with Crippen molar-refractivity contribution in [2.75, 3.05) is 13.1 Å². The molecule has 1 aliphatic heterocycles. The second-order valence-electron chi connectivity index (χ2n) is 3.36. The number of hydrogen-bond donors (Lipinski definition) is 0. The van der Waals surface area contributed by atoms with Crippen LogP contribution >= 0.6 is 0 Å². The third-order valence-electron chi connectivity index (χ3n) is 2.50. The summed E-state index contributed by atoms with van der Waals surface area (Å²) in [5.74, 6) is 0. The Bertz CT molecular complexity index is 116. The molecule has 1 nitrogen and oxygen atoms in total. The maximum Gasteiger partial charge on any atom is 0.114 e. The molecule has 0 bridgehead atoms. The van der Waals surface area contributed by atoms with Crippen molar-refractivity contribution in [3.63, 3.8) is 0 Å². The molecule has 1 fully saturated rings. The molecule has 66 valence electrons. The maximum atomic E-state index is 12.9. The number of halogens is 1. The molecule has 0 spiro atoms. The predicted octanol–water partition coefficient (Wildman–Crippen LogP) is 2.22. The summed E-state index contributed by atoms with van der Waals surface area (Å²) in [6.07, 6.45) is 2.54. The Kier molecular flexibility index (Phi) is 3.31. The Morgan fingerprint density at radius 3 is 2.73 bits per heavy atom. The van der Waals surface area contributed by atoms with Gasteiger partial charge in [0.25, 0.3) is 0 Å². The third kappa shape index (κ3) is 2.16. The molecule has 0 aliphatic carbocycles. The van der Waals surface area contributed by atoms with Crippen LogP contribution in [0, 0.1) is 0 Å². The first-order valence-electron chi connectivity index (χ1n) is 4.66. The molecule has 1 aliphatic rings. The van der Waals surface area contributed by atoms with E-state index in [-0.39, 0.29) is 0 Å². The van der Waals surface area contributed by atoms with Crippen LogP contribution in [-0.2, 0) is 0 Å². The van der Waals surface area contributed by atoms with Gasteiger partial charge in [-0.15, -0.1) is 0 Å². The van der Waals surface area contributed by atoms with Gasteiger partial charge in [-0.1, -0.05) is 20.3 Å². The summed E-state index contributed by atoms with van der Waals surface area (Å²) in [5.41, 5.74) is 0. The van der Waals surface area contributed by atoms with E-state index in [0.717, 1.165) is 19.4 Å². The van der Waals surface area contributed by atoms with E-state index in [0.29, 0.717) is 12.6 Å². The highest BCUT2D eigenvalue weighted by Gasteiger charge is 2.29. The fourth-order valence-electron chi connectivity index (χ4n) is 1.94. The number of hydrogen-bond acceptors (Lipinski definition) is 1. The van der Waals surface area contributed by atoms with E-state index in [9.17, 15) is 4.39 Å². The van der Waals surface area contributed by atoms with Crippen molar-refractivity contribution >= 4 is 0 Å². The molecule has 1 rings (SSSR count). The molecule has 2 unspecified atom stereocenters. The molecule has 1 saturated heterocycles. The van der Waals surface area contributed by atoms with Crippen LogP contribution < -0.4 is 0 Å². The fraction of sp³-hybridized carbons (Fsp3) is 1.00. The zero-order chi connectivity index (χ0) is 8.27. The van der Waals surface area contributed by atoms with E-state index in [4.69, 9.17) is 0 Å². The van der Waals surface area contributed by atoms with Gasteiger partial charge in [-0.2, -0.15) is 0 Å². The molecule has 0 aromatic rings. The number of rotatable bonds is 3. The Morgan fingerprint density at radius 1 is 1.45 bits per heavy atom. The van der Waals surface area contributed by atoms with Gasteiger partial charge in [0.15, 0.2) is 0 Å². The Labute approximate surface area is 68.6 Å². The van der Waals surface area contributed by atoms with Crippen molar-refractivity contribution in [2.24, 2.45) is 0 Å². The smallest absolute Gasteiger partial charge is 0.114 e. The Morgan fingerprint density at radius 2 is 2.18 bits per heavy atom. The van der Waals surface area contributed by atoms with Crippen molar-refractivity contribution in [3.8, 4) is 0 Å². The highest BCUT2D eigenvalue weighted by molar-refractivity contribution is 4.83.